The van der Waals surface area contributed by atoms with E-state index < -0.39 is 0 Å². The summed E-state index contributed by atoms with van der Waals surface area (Å²) in [6, 6.07) is 12.3. The zero-order valence-corrected chi connectivity index (χ0v) is 12.2. The van der Waals surface area contributed by atoms with Crippen molar-refractivity contribution in [3.63, 3.8) is 0 Å². The fourth-order valence-electron chi connectivity index (χ4n) is 2.63. The van der Waals surface area contributed by atoms with E-state index in [2.05, 4.69) is 10.3 Å². The van der Waals surface area contributed by atoms with Crippen LogP contribution in [0.2, 0.25) is 5.02 Å². The van der Waals surface area contributed by atoms with E-state index in [4.69, 9.17) is 11.6 Å². The molecule has 0 aliphatic rings. The Morgan fingerprint density at radius 1 is 1.14 bits per heavy atom. The number of aromatic nitrogens is 1. The maximum atomic E-state index is 14.2. The predicted molar refractivity (Wildman–Crippen MR) is 84.1 cm³/mol. The number of rotatable bonds is 3. The van der Waals surface area contributed by atoms with Gasteiger partial charge in [-0.2, -0.15) is 0 Å². The molecule has 1 heterocycles. The Morgan fingerprint density at radius 3 is 2.71 bits per heavy atom. The Labute approximate surface area is 127 Å². The molecule has 3 aromatic rings. The summed E-state index contributed by atoms with van der Waals surface area (Å²) in [5, 5.41) is 5.62. The quantitative estimate of drug-likeness (QED) is 0.778. The minimum Gasteiger partial charge on any atom is -0.309 e. The Kier molecular flexibility index (Phi) is 3.86. The lowest BCUT2D eigenvalue weighted by molar-refractivity contribution is 0.577. The minimum atomic E-state index is -0.327. The molecule has 1 aromatic heterocycles. The van der Waals surface area contributed by atoms with Crippen molar-refractivity contribution in [2.45, 2.75) is 6.04 Å². The van der Waals surface area contributed by atoms with Crippen molar-refractivity contribution in [2.75, 3.05) is 7.05 Å². The van der Waals surface area contributed by atoms with Crippen molar-refractivity contribution in [1.29, 1.82) is 0 Å². The van der Waals surface area contributed by atoms with Gasteiger partial charge in [0.2, 0.25) is 0 Å². The molecule has 0 aliphatic heterocycles. The van der Waals surface area contributed by atoms with Crippen LogP contribution in [-0.4, -0.2) is 12.0 Å². The first-order valence-electron chi connectivity index (χ1n) is 6.66. The third-order valence-electron chi connectivity index (χ3n) is 3.61. The van der Waals surface area contributed by atoms with E-state index in [0.29, 0.717) is 10.6 Å². The zero-order chi connectivity index (χ0) is 14.8. The molecule has 1 N–H and O–H groups in total. The number of halogens is 2. The first-order valence-corrected chi connectivity index (χ1v) is 7.04. The monoisotopic (exact) mass is 300 g/mol. The van der Waals surface area contributed by atoms with Gasteiger partial charge in [0, 0.05) is 28.4 Å². The molecule has 4 heteroatoms. The third-order valence-corrected chi connectivity index (χ3v) is 3.94. The van der Waals surface area contributed by atoms with Crippen molar-refractivity contribution in [3.05, 3.63) is 76.8 Å². The highest BCUT2D eigenvalue weighted by molar-refractivity contribution is 6.31. The standard InChI is InChI=1S/C17H14ClFN2/c1-20-17(16-14(18)6-3-7-15(16)19)12-5-2-4-11-8-9-21-10-13(11)12/h2-10,17,20H,1H3. The Bertz CT molecular complexity index is 763. The smallest absolute Gasteiger partial charge is 0.129 e. The van der Waals surface area contributed by atoms with Gasteiger partial charge in [-0.25, -0.2) is 4.39 Å². The second-order valence-corrected chi connectivity index (χ2v) is 5.21. The lowest BCUT2D eigenvalue weighted by Gasteiger charge is -2.20. The number of hydrogen-bond acceptors (Lipinski definition) is 2. The van der Waals surface area contributed by atoms with Crippen molar-refractivity contribution in [2.24, 2.45) is 0 Å². The van der Waals surface area contributed by atoms with Crippen LogP contribution in [0.5, 0.6) is 0 Å². The normalized spacial score (nSPS) is 12.5. The molecule has 0 radical (unpaired) electrons. The van der Waals surface area contributed by atoms with E-state index in [-0.39, 0.29) is 11.9 Å². The van der Waals surface area contributed by atoms with Crippen LogP contribution in [0.4, 0.5) is 4.39 Å². The van der Waals surface area contributed by atoms with E-state index >= 15 is 0 Å². The molecule has 2 aromatic carbocycles. The van der Waals surface area contributed by atoms with Gasteiger partial charge in [-0.3, -0.25) is 4.98 Å². The molecule has 1 atom stereocenters. The van der Waals surface area contributed by atoms with Gasteiger partial charge in [-0.1, -0.05) is 35.9 Å². The lowest BCUT2D eigenvalue weighted by atomic mass is 9.94. The van der Waals surface area contributed by atoms with E-state index in [1.807, 2.05) is 24.3 Å². The van der Waals surface area contributed by atoms with Crippen LogP contribution in [0.25, 0.3) is 10.8 Å². The second-order valence-electron chi connectivity index (χ2n) is 4.80. The van der Waals surface area contributed by atoms with Gasteiger partial charge in [0.25, 0.3) is 0 Å². The molecule has 0 aliphatic carbocycles. The average Bonchev–Trinajstić information content (AvgIpc) is 2.51. The van der Waals surface area contributed by atoms with Crippen LogP contribution in [-0.2, 0) is 0 Å². The maximum absolute atomic E-state index is 14.2. The summed E-state index contributed by atoms with van der Waals surface area (Å²) in [5.41, 5.74) is 1.41. The molecule has 3 rings (SSSR count). The molecule has 106 valence electrons. The van der Waals surface area contributed by atoms with Crippen molar-refractivity contribution in [1.82, 2.24) is 10.3 Å². The largest absolute Gasteiger partial charge is 0.309 e. The predicted octanol–water partition coefficient (Wildman–Crippen LogP) is 4.34. The third kappa shape index (κ3) is 2.50. The SMILES string of the molecule is CNC(c1c(F)cccc1Cl)c1cccc2ccncc12. The topological polar surface area (TPSA) is 24.9 Å². The average molecular weight is 301 g/mol. The van der Waals surface area contributed by atoms with E-state index in [1.54, 1.807) is 31.6 Å². The highest BCUT2D eigenvalue weighted by atomic mass is 35.5. The van der Waals surface area contributed by atoms with Crippen LogP contribution in [0.1, 0.15) is 17.2 Å². The Hall–Kier alpha value is -1.97. The summed E-state index contributed by atoms with van der Waals surface area (Å²) in [7, 11) is 1.79. The molecule has 0 bridgehead atoms. The molecule has 2 nitrogen and oxygen atoms in total. The van der Waals surface area contributed by atoms with Crippen LogP contribution in [0.3, 0.4) is 0 Å². The van der Waals surface area contributed by atoms with Crippen LogP contribution in [0.15, 0.2) is 54.9 Å². The summed E-state index contributed by atoms with van der Waals surface area (Å²) < 4.78 is 14.2. The summed E-state index contributed by atoms with van der Waals surface area (Å²) >= 11 is 6.21. The van der Waals surface area contributed by atoms with E-state index in [9.17, 15) is 4.39 Å². The van der Waals surface area contributed by atoms with E-state index in [0.717, 1.165) is 16.3 Å². The van der Waals surface area contributed by atoms with Crippen LogP contribution >= 0.6 is 11.6 Å². The first-order chi connectivity index (χ1) is 10.2. The molecule has 0 fully saturated rings. The second kappa shape index (κ2) is 5.80. The van der Waals surface area contributed by atoms with Gasteiger partial charge in [-0.15, -0.1) is 0 Å². The number of fused-ring (bicyclic) bond motifs is 1. The van der Waals surface area contributed by atoms with Gasteiger partial charge < -0.3 is 5.32 Å². The Balaban J connectivity index is 2.24. The van der Waals surface area contributed by atoms with E-state index in [1.165, 1.54) is 6.07 Å². The number of nitrogens with zero attached hydrogens (tertiary/aromatic N) is 1. The summed E-state index contributed by atoms with van der Waals surface area (Å²) in [6.45, 7) is 0. The highest BCUT2D eigenvalue weighted by Crippen LogP contribution is 2.33. The molecular weight excluding hydrogens is 287 g/mol. The molecule has 1 unspecified atom stereocenters. The van der Waals surface area contributed by atoms with Crippen LogP contribution in [0, 0.1) is 5.82 Å². The van der Waals surface area contributed by atoms with Gasteiger partial charge in [0.15, 0.2) is 0 Å². The van der Waals surface area contributed by atoms with Crippen molar-refractivity contribution < 1.29 is 4.39 Å². The maximum Gasteiger partial charge on any atom is 0.129 e. The van der Waals surface area contributed by atoms with Gasteiger partial charge in [-0.05, 0) is 36.2 Å². The van der Waals surface area contributed by atoms with Gasteiger partial charge in [0.1, 0.15) is 5.82 Å². The molecule has 0 saturated carbocycles. The van der Waals surface area contributed by atoms with Gasteiger partial charge >= 0.3 is 0 Å². The molecule has 0 spiro atoms. The van der Waals surface area contributed by atoms with Crippen molar-refractivity contribution in [3.8, 4) is 0 Å². The molecule has 0 saturated heterocycles. The first kappa shape index (κ1) is 14.0. The molecular formula is C17H14ClFN2. The molecule has 0 amide bonds. The fraction of sp³-hybridized carbons (Fsp3) is 0.118. The minimum absolute atomic E-state index is 0.317. The Morgan fingerprint density at radius 2 is 1.95 bits per heavy atom. The fourth-order valence-corrected chi connectivity index (χ4v) is 2.90. The number of benzene rings is 2. The summed E-state index contributed by atoms with van der Waals surface area (Å²) in [6.07, 6.45) is 3.54. The number of nitrogens with one attached hydrogen (secondary N) is 1. The number of hydrogen-bond donors (Lipinski definition) is 1. The molecule has 21 heavy (non-hydrogen) atoms. The summed E-state index contributed by atoms with van der Waals surface area (Å²) in [5.74, 6) is -0.317. The van der Waals surface area contributed by atoms with Crippen LogP contribution < -0.4 is 5.32 Å². The zero-order valence-electron chi connectivity index (χ0n) is 11.5. The van der Waals surface area contributed by atoms with Crippen molar-refractivity contribution >= 4 is 22.4 Å². The highest BCUT2D eigenvalue weighted by Gasteiger charge is 2.21. The van der Waals surface area contributed by atoms with Gasteiger partial charge in [0.05, 0.1) is 6.04 Å². The summed E-state index contributed by atoms with van der Waals surface area (Å²) in [4.78, 5) is 4.17. The number of pyridine rings is 1. The lowest BCUT2D eigenvalue weighted by Crippen LogP contribution is -2.19.